The van der Waals surface area contributed by atoms with Gasteiger partial charge in [0.05, 0.1) is 5.56 Å². The first-order valence-electron chi connectivity index (χ1n) is 7.25. The highest BCUT2D eigenvalue weighted by Gasteiger charge is 2.20. The lowest BCUT2D eigenvalue weighted by Crippen LogP contribution is -2.24. The highest BCUT2D eigenvalue weighted by Crippen LogP contribution is 2.15. The highest BCUT2D eigenvalue weighted by atomic mass is 79.9. The number of halogens is 1. The van der Waals surface area contributed by atoms with Crippen molar-refractivity contribution in [2.45, 2.75) is 20.0 Å². The second-order valence-electron chi connectivity index (χ2n) is 5.18. The summed E-state index contributed by atoms with van der Waals surface area (Å²) in [6.07, 6.45) is -0.914. The molecule has 0 spiro atoms. The van der Waals surface area contributed by atoms with E-state index in [4.69, 9.17) is 4.74 Å². The van der Waals surface area contributed by atoms with Gasteiger partial charge in [0.15, 0.2) is 6.10 Å². The zero-order valence-electron chi connectivity index (χ0n) is 13.2. The first-order chi connectivity index (χ1) is 11.4. The van der Waals surface area contributed by atoms with Gasteiger partial charge in [0.1, 0.15) is 0 Å². The standard InChI is InChI=1S/C18H16BrNO4/c1-11(17(22)13-6-8-15(19)9-7-13)24-18(23)14-4-3-5-16(10-14)20-12(2)21/h3-11H,1-2H3,(H,20,21)/t11-/m1/s1. The Hall–Kier alpha value is -2.47. The minimum atomic E-state index is -0.914. The summed E-state index contributed by atoms with van der Waals surface area (Å²) in [5.74, 6) is -1.15. The second kappa shape index (κ2) is 7.88. The Morgan fingerprint density at radius 1 is 1.04 bits per heavy atom. The van der Waals surface area contributed by atoms with E-state index in [9.17, 15) is 14.4 Å². The van der Waals surface area contributed by atoms with E-state index in [1.54, 1.807) is 42.5 Å². The van der Waals surface area contributed by atoms with Gasteiger partial charge in [-0.15, -0.1) is 0 Å². The number of carbonyl (C=O) groups excluding carboxylic acids is 3. The second-order valence-corrected chi connectivity index (χ2v) is 6.10. The van der Waals surface area contributed by atoms with Gasteiger partial charge in [0, 0.05) is 22.6 Å². The summed E-state index contributed by atoms with van der Waals surface area (Å²) in [4.78, 5) is 35.5. The Morgan fingerprint density at radius 2 is 1.71 bits per heavy atom. The van der Waals surface area contributed by atoms with E-state index in [1.807, 2.05) is 0 Å². The van der Waals surface area contributed by atoms with Crippen LogP contribution in [0.15, 0.2) is 53.0 Å². The number of benzene rings is 2. The molecular weight excluding hydrogens is 374 g/mol. The average molecular weight is 390 g/mol. The van der Waals surface area contributed by atoms with Crippen LogP contribution in [0.25, 0.3) is 0 Å². The van der Waals surface area contributed by atoms with Crippen LogP contribution >= 0.6 is 15.9 Å². The summed E-state index contributed by atoms with van der Waals surface area (Å²) >= 11 is 3.30. The molecule has 1 amide bonds. The van der Waals surface area contributed by atoms with Crippen LogP contribution in [0.1, 0.15) is 34.6 Å². The van der Waals surface area contributed by atoms with Crippen LogP contribution in [-0.4, -0.2) is 23.8 Å². The number of nitrogens with one attached hydrogen (secondary N) is 1. The van der Waals surface area contributed by atoms with Crippen LogP contribution in [0.2, 0.25) is 0 Å². The highest BCUT2D eigenvalue weighted by molar-refractivity contribution is 9.10. The third-order valence-electron chi connectivity index (χ3n) is 3.20. The first-order valence-corrected chi connectivity index (χ1v) is 8.04. The number of hydrogen-bond acceptors (Lipinski definition) is 4. The summed E-state index contributed by atoms with van der Waals surface area (Å²) < 4.78 is 6.09. The molecule has 0 radical (unpaired) electrons. The van der Waals surface area contributed by atoms with Crippen molar-refractivity contribution in [1.82, 2.24) is 0 Å². The monoisotopic (exact) mass is 389 g/mol. The van der Waals surface area contributed by atoms with Crippen molar-refractivity contribution < 1.29 is 19.1 Å². The molecule has 0 saturated heterocycles. The minimum Gasteiger partial charge on any atom is -0.451 e. The zero-order valence-corrected chi connectivity index (χ0v) is 14.8. The number of Topliss-reactive ketones (excluding diaryl/α,β-unsaturated/α-hetero) is 1. The van der Waals surface area contributed by atoms with Crippen LogP contribution in [0.4, 0.5) is 5.69 Å². The van der Waals surface area contributed by atoms with Gasteiger partial charge >= 0.3 is 5.97 Å². The molecule has 0 bridgehead atoms. The van der Waals surface area contributed by atoms with E-state index in [0.717, 1.165) is 4.47 Å². The summed E-state index contributed by atoms with van der Waals surface area (Å²) in [6, 6.07) is 13.2. The van der Waals surface area contributed by atoms with E-state index in [-0.39, 0.29) is 17.3 Å². The first kappa shape index (κ1) is 17.9. The fourth-order valence-electron chi connectivity index (χ4n) is 2.06. The molecule has 0 unspecified atom stereocenters. The molecule has 0 aromatic heterocycles. The number of amides is 1. The Morgan fingerprint density at radius 3 is 2.33 bits per heavy atom. The number of hydrogen-bond donors (Lipinski definition) is 1. The fraction of sp³-hybridized carbons (Fsp3) is 0.167. The molecule has 2 aromatic rings. The van der Waals surface area contributed by atoms with Crippen molar-refractivity contribution in [3.8, 4) is 0 Å². The molecule has 0 heterocycles. The van der Waals surface area contributed by atoms with Crippen molar-refractivity contribution >= 4 is 39.3 Å². The minimum absolute atomic E-state index is 0.237. The van der Waals surface area contributed by atoms with Gasteiger partial charge in [-0.3, -0.25) is 9.59 Å². The lowest BCUT2D eigenvalue weighted by molar-refractivity contribution is -0.114. The van der Waals surface area contributed by atoms with Crippen LogP contribution in [0, 0.1) is 0 Å². The maximum atomic E-state index is 12.3. The molecule has 124 valence electrons. The summed E-state index contributed by atoms with van der Waals surface area (Å²) in [5, 5.41) is 2.59. The molecule has 0 saturated carbocycles. The molecule has 2 rings (SSSR count). The van der Waals surface area contributed by atoms with Crippen molar-refractivity contribution in [3.63, 3.8) is 0 Å². The van der Waals surface area contributed by atoms with E-state index in [2.05, 4.69) is 21.2 Å². The third-order valence-corrected chi connectivity index (χ3v) is 3.73. The predicted octanol–water partition coefficient (Wildman–Crippen LogP) is 3.84. The Kier molecular flexibility index (Phi) is 5.87. The summed E-state index contributed by atoms with van der Waals surface area (Å²) in [5.41, 5.74) is 1.21. The average Bonchev–Trinajstić information content (AvgIpc) is 2.54. The topological polar surface area (TPSA) is 72.5 Å². The Bertz CT molecular complexity index is 771. The summed E-state index contributed by atoms with van der Waals surface area (Å²) in [6.45, 7) is 2.91. The van der Waals surface area contributed by atoms with Crippen molar-refractivity contribution in [2.24, 2.45) is 0 Å². The van der Waals surface area contributed by atoms with Gasteiger partial charge in [-0.2, -0.15) is 0 Å². The maximum absolute atomic E-state index is 12.3. The SMILES string of the molecule is CC(=O)Nc1cccc(C(=O)O[C@H](C)C(=O)c2ccc(Br)cc2)c1. The number of carbonyl (C=O) groups is 3. The van der Waals surface area contributed by atoms with Gasteiger partial charge in [-0.1, -0.05) is 34.1 Å². The fourth-order valence-corrected chi connectivity index (χ4v) is 2.32. The van der Waals surface area contributed by atoms with Crippen LogP contribution < -0.4 is 5.32 Å². The number of rotatable bonds is 5. The van der Waals surface area contributed by atoms with Gasteiger partial charge in [0.25, 0.3) is 0 Å². The Balaban J connectivity index is 2.07. The number of esters is 1. The smallest absolute Gasteiger partial charge is 0.338 e. The van der Waals surface area contributed by atoms with Crippen molar-refractivity contribution in [2.75, 3.05) is 5.32 Å². The third kappa shape index (κ3) is 4.76. The number of ketones is 1. The molecule has 0 aliphatic heterocycles. The maximum Gasteiger partial charge on any atom is 0.338 e. The van der Waals surface area contributed by atoms with E-state index < -0.39 is 12.1 Å². The van der Waals surface area contributed by atoms with E-state index in [1.165, 1.54) is 19.9 Å². The van der Waals surface area contributed by atoms with Gasteiger partial charge < -0.3 is 10.1 Å². The van der Waals surface area contributed by atoms with Gasteiger partial charge in [-0.25, -0.2) is 4.79 Å². The molecule has 1 atom stereocenters. The molecule has 1 N–H and O–H groups in total. The molecular formula is C18H16BrNO4. The Labute approximate surface area is 148 Å². The number of anilines is 1. The van der Waals surface area contributed by atoms with Gasteiger partial charge in [-0.05, 0) is 37.3 Å². The van der Waals surface area contributed by atoms with Crippen molar-refractivity contribution in [1.29, 1.82) is 0 Å². The van der Waals surface area contributed by atoms with Crippen LogP contribution in [-0.2, 0) is 9.53 Å². The van der Waals surface area contributed by atoms with E-state index >= 15 is 0 Å². The molecule has 0 aliphatic rings. The molecule has 0 aliphatic carbocycles. The number of ether oxygens (including phenoxy) is 1. The predicted molar refractivity (Wildman–Crippen MR) is 94.1 cm³/mol. The van der Waals surface area contributed by atoms with Crippen LogP contribution in [0.3, 0.4) is 0 Å². The lowest BCUT2D eigenvalue weighted by Gasteiger charge is -2.13. The molecule has 2 aromatic carbocycles. The normalized spacial score (nSPS) is 11.5. The lowest BCUT2D eigenvalue weighted by atomic mass is 10.1. The quantitative estimate of drug-likeness (QED) is 0.622. The van der Waals surface area contributed by atoms with E-state index in [0.29, 0.717) is 11.3 Å². The van der Waals surface area contributed by atoms with Gasteiger partial charge in [0.2, 0.25) is 11.7 Å². The summed E-state index contributed by atoms with van der Waals surface area (Å²) in [7, 11) is 0. The molecule has 0 fully saturated rings. The zero-order chi connectivity index (χ0) is 17.7. The largest absolute Gasteiger partial charge is 0.451 e. The molecule has 24 heavy (non-hydrogen) atoms. The molecule has 6 heteroatoms. The van der Waals surface area contributed by atoms with Crippen LogP contribution in [0.5, 0.6) is 0 Å². The van der Waals surface area contributed by atoms with Crippen molar-refractivity contribution in [3.05, 3.63) is 64.1 Å². The molecule has 5 nitrogen and oxygen atoms in total.